The van der Waals surface area contributed by atoms with E-state index in [0.717, 1.165) is 24.3 Å². The zero-order valence-corrected chi connectivity index (χ0v) is 8.88. The minimum atomic E-state index is 0.479. The van der Waals surface area contributed by atoms with E-state index >= 15 is 0 Å². The Kier molecular flexibility index (Phi) is 2.09. The molecule has 16 heavy (non-hydrogen) atoms. The minimum absolute atomic E-state index is 0.479. The van der Waals surface area contributed by atoms with Gasteiger partial charge >= 0.3 is 0 Å². The van der Waals surface area contributed by atoms with Crippen LogP contribution in [-0.2, 0) is 0 Å². The lowest BCUT2D eigenvalue weighted by atomic mass is 10.3. The van der Waals surface area contributed by atoms with Crippen molar-refractivity contribution in [3.05, 3.63) is 24.2 Å². The molecule has 0 aliphatic heterocycles. The molecule has 0 spiro atoms. The molecule has 1 saturated carbocycles. The van der Waals surface area contributed by atoms with Gasteiger partial charge in [-0.2, -0.15) is 0 Å². The van der Waals surface area contributed by atoms with Gasteiger partial charge in [-0.25, -0.2) is 4.98 Å². The van der Waals surface area contributed by atoms with Gasteiger partial charge in [0.2, 0.25) is 17.7 Å². The summed E-state index contributed by atoms with van der Waals surface area (Å²) in [6, 6.07) is 3.63. The van der Waals surface area contributed by atoms with Gasteiger partial charge in [-0.1, -0.05) is 0 Å². The summed E-state index contributed by atoms with van der Waals surface area (Å²) in [6.07, 6.45) is 3.98. The van der Waals surface area contributed by atoms with Gasteiger partial charge in [0.1, 0.15) is 0 Å². The molecule has 0 amide bonds. The predicted octanol–water partition coefficient (Wildman–Crippen LogP) is 2.02. The van der Waals surface area contributed by atoms with E-state index in [1.54, 1.807) is 19.4 Å². The average molecular weight is 217 g/mol. The van der Waals surface area contributed by atoms with E-state index in [2.05, 4.69) is 15.2 Å². The molecule has 0 aromatic carbocycles. The van der Waals surface area contributed by atoms with Crippen molar-refractivity contribution in [3.63, 3.8) is 0 Å². The van der Waals surface area contributed by atoms with Crippen LogP contribution in [0, 0.1) is 0 Å². The molecular weight excluding hydrogens is 206 g/mol. The number of ether oxygens (including phenoxy) is 1. The molecule has 1 fully saturated rings. The van der Waals surface area contributed by atoms with Gasteiger partial charge in [-0.05, 0) is 18.9 Å². The second-order valence-electron chi connectivity index (χ2n) is 3.81. The van der Waals surface area contributed by atoms with Crippen LogP contribution in [0.2, 0.25) is 0 Å². The molecule has 1 aliphatic carbocycles. The molecule has 5 nitrogen and oxygen atoms in total. The quantitative estimate of drug-likeness (QED) is 0.787. The highest BCUT2D eigenvalue weighted by Crippen LogP contribution is 2.39. The van der Waals surface area contributed by atoms with Crippen molar-refractivity contribution >= 4 is 0 Å². The number of methoxy groups -OCH3 is 1. The van der Waals surface area contributed by atoms with Crippen LogP contribution >= 0.6 is 0 Å². The lowest BCUT2D eigenvalue weighted by Gasteiger charge is -1.97. The summed E-state index contributed by atoms with van der Waals surface area (Å²) in [7, 11) is 1.58. The summed E-state index contributed by atoms with van der Waals surface area (Å²) in [5, 5.41) is 8.03. The first-order valence-corrected chi connectivity index (χ1v) is 5.20. The van der Waals surface area contributed by atoms with E-state index in [-0.39, 0.29) is 0 Å². The zero-order valence-electron chi connectivity index (χ0n) is 8.88. The minimum Gasteiger partial charge on any atom is -0.481 e. The molecule has 3 rings (SSSR count). The van der Waals surface area contributed by atoms with Gasteiger partial charge in [-0.15, -0.1) is 10.2 Å². The number of aromatic nitrogens is 3. The van der Waals surface area contributed by atoms with Crippen molar-refractivity contribution in [2.24, 2.45) is 0 Å². The Hall–Kier alpha value is -1.91. The topological polar surface area (TPSA) is 61.0 Å². The molecule has 0 saturated heterocycles. The molecule has 0 radical (unpaired) electrons. The molecule has 0 bridgehead atoms. The fraction of sp³-hybridized carbons (Fsp3) is 0.364. The Morgan fingerprint density at radius 2 is 2.19 bits per heavy atom. The van der Waals surface area contributed by atoms with Crippen molar-refractivity contribution in [1.29, 1.82) is 0 Å². The van der Waals surface area contributed by atoms with E-state index in [9.17, 15) is 0 Å². The zero-order chi connectivity index (χ0) is 11.0. The highest BCUT2D eigenvalue weighted by atomic mass is 16.5. The molecule has 0 N–H and O–H groups in total. The second kappa shape index (κ2) is 3.59. The maximum Gasteiger partial charge on any atom is 0.249 e. The molecule has 2 aromatic heterocycles. The normalized spacial score (nSPS) is 15.1. The maximum absolute atomic E-state index is 5.56. The average Bonchev–Trinajstić information content (AvgIpc) is 3.08. The highest BCUT2D eigenvalue weighted by Gasteiger charge is 2.29. The van der Waals surface area contributed by atoms with E-state index in [1.165, 1.54) is 0 Å². The third-order valence-corrected chi connectivity index (χ3v) is 2.56. The van der Waals surface area contributed by atoms with Gasteiger partial charge in [0.15, 0.2) is 0 Å². The lowest BCUT2D eigenvalue weighted by molar-refractivity contribution is 0.398. The Labute approximate surface area is 92.5 Å². The maximum atomic E-state index is 5.56. The third kappa shape index (κ3) is 1.64. The standard InChI is InChI=1S/C11H11N3O2/c1-15-9-5-4-8(6-12-9)11-14-13-10(16-11)7-2-3-7/h4-7H,2-3H2,1H3. The molecule has 2 aromatic rings. The number of hydrogen-bond donors (Lipinski definition) is 0. The van der Waals surface area contributed by atoms with Crippen LogP contribution in [0.1, 0.15) is 24.7 Å². The van der Waals surface area contributed by atoms with E-state index in [4.69, 9.17) is 9.15 Å². The monoisotopic (exact) mass is 217 g/mol. The first kappa shape index (κ1) is 9.33. The van der Waals surface area contributed by atoms with Gasteiger partial charge < -0.3 is 9.15 Å². The van der Waals surface area contributed by atoms with Crippen molar-refractivity contribution in [1.82, 2.24) is 15.2 Å². The SMILES string of the molecule is COc1ccc(-c2nnc(C3CC3)o2)cn1. The Morgan fingerprint density at radius 3 is 2.81 bits per heavy atom. The highest BCUT2D eigenvalue weighted by molar-refractivity contribution is 5.51. The summed E-state index contributed by atoms with van der Waals surface area (Å²) < 4.78 is 10.5. The Balaban J connectivity index is 1.88. The number of nitrogens with zero attached hydrogens (tertiary/aromatic N) is 3. The lowest BCUT2D eigenvalue weighted by Crippen LogP contribution is -1.87. The molecule has 0 unspecified atom stereocenters. The molecular formula is C11H11N3O2. The summed E-state index contributed by atoms with van der Waals surface area (Å²) in [5.41, 5.74) is 0.820. The number of pyridine rings is 1. The number of hydrogen-bond acceptors (Lipinski definition) is 5. The van der Waals surface area contributed by atoms with Crippen LogP contribution in [0.3, 0.4) is 0 Å². The van der Waals surface area contributed by atoms with Crippen LogP contribution in [-0.4, -0.2) is 22.3 Å². The van der Waals surface area contributed by atoms with E-state index in [0.29, 0.717) is 17.7 Å². The van der Waals surface area contributed by atoms with Crippen LogP contribution in [0.4, 0.5) is 0 Å². The summed E-state index contributed by atoms with van der Waals surface area (Å²) in [6.45, 7) is 0. The van der Waals surface area contributed by atoms with Crippen molar-refractivity contribution in [2.75, 3.05) is 7.11 Å². The van der Waals surface area contributed by atoms with Gasteiger partial charge in [-0.3, -0.25) is 0 Å². The fourth-order valence-electron chi connectivity index (χ4n) is 1.47. The molecule has 0 atom stereocenters. The molecule has 82 valence electrons. The third-order valence-electron chi connectivity index (χ3n) is 2.56. The molecule has 2 heterocycles. The van der Waals surface area contributed by atoms with Gasteiger partial charge in [0.25, 0.3) is 0 Å². The van der Waals surface area contributed by atoms with Gasteiger partial charge in [0, 0.05) is 18.2 Å². The Bertz CT molecular complexity index is 488. The van der Waals surface area contributed by atoms with Crippen molar-refractivity contribution < 1.29 is 9.15 Å². The second-order valence-corrected chi connectivity index (χ2v) is 3.81. The molecule has 5 heteroatoms. The van der Waals surface area contributed by atoms with Crippen LogP contribution < -0.4 is 4.74 Å². The predicted molar refractivity (Wildman–Crippen MR) is 56.1 cm³/mol. The first-order chi connectivity index (χ1) is 7.86. The first-order valence-electron chi connectivity index (χ1n) is 5.20. The largest absolute Gasteiger partial charge is 0.481 e. The fourth-order valence-corrected chi connectivity index (χ4v) is 1.47. The van der Waals surface area contributed by atoms with Crippen LogP contribution in [0.5, 0.6) is 5.88 Å². The smallest absolute Gasteiger partial charge is 0.249 e. The van der Waals surface area contributed by atoms with Crippen LogP contribution in [0.15, 0.2) is 22.7 Å². The summed E-state index contributed by atoms with van der Waals surface area (Å²) in [5.74, 6) is 2.32. The molecule has 1 aliphatic rings. The van der Waals surface area contributed by atoms with Crippen molar-refractivity contribution in [3.8, 4) is 17.3 Å². The van der Waals surface area contributed by atoms with Crippen LogP contribution in [0.25, 0.3) is 11.5 Å². The summed E-state index contributed by atoms with van der Waals surface area (Å²) >= 11 is 0. The summed E-state index contributed by atoms with van der Waals surface area (Å²) in [4.78, 5) is 4.09. The van der Waals surface area contributed by atoms with Gasteiger partial charge in [0.05, 0.1) is 12.7 Å². The van der Waals surface area contributed by atoms with E-state index < -0.39 is 0 Å². The number of rotatable bonds is 3. The van der Waals surface area contributed by atoms with Crippen molar-refractivity contribution in [2.45, 2.75) is 18.8 Å². The van der Waals surface area contributed by atoms with E-state index in [1.807, 2.05) is 6.07 Å². The Morgan fingerprint density at radius 1 is 1.31 bits per heavy atom.